The molecule has 1 aliphatic heterocycles. The van der Waals surface area contributed by atoms with Crippen LogP contribution in [0.1, 0.15) is 24.4 Å². The summed E-state index contributed by atoms with van der Waals surface area (Å²) in [5.74, 6) is -0.956. The normalized spacial score (nSPS) is 16.0. The van der Waals surface area contributed by atoms with Gasteiger partial charge in [-0.05, 0) is 31.0 Å². The molecular weight excluding hydrogens is 370 g/mol. The maximum atomic E-state index is 13.9. The predicted molar refractivity (Wildman–Crippen MR) is 100 cm³/mol. The zero-order valence-electron chi connectivity index (χ0n) is 15.9. The van der Waals surface area contributed by atoms with Crippen molar-refractivity contribution in [2.24, 2.45) is 0 Å². The highest BCUT2D eigenvalue weighted by Gasteiger charge is 2.32. The minimum absolute atomic E-state index is 0.0176. The van der Waals surface area contributed by atoms with Crippen molar-refractivity contribution in [1.82, 2.24) is 4.90 Å². The minimum Gasteiger partial charge on any atom is -0.497 e. The molecule has 28 heavy (non-hydrogen) atoms. The summed E-state index contributed by atoms with van der Waals surface area (Å²) in [6.45, 7) is 0.512. The highest BCUT2D eigenvalue weighted by atomic mass is 19.1. The van der Waals surface area contributed by atoms with Crippen LogP contribution in [0.3, 0.4) is 0 Å². The van der Waals surface area contributed by atoms with E-state index in [0.717, 1.165) is 30.5 Å². The molecule has 8 heteroatoms. The maximum absolute atomic E-state index is 13.9. The predicted octanol–water partition coefficient (Wildman–Crippen LogP) is 4.36. The molecule has 6 nitrogen and oxygen atoms in total. The molecule has 150 valence electrons. The number of halogens is 2. The van der Waals surface area contributed by atoms with Gasteiger partial charge in [0.05, 0.1) is 27.4 Å². The van der Waals surface area contributed by atoms with E-state index in [1.807, 2.05) is 6.07 Å². The first kappa shape index (κ1) is 19.7. The minimum atomic E-state index is -0.884. The first-order valence-electron chi connectivity index (χ1n) is 8.81. The summed E-state index contributed by atoms with van der Waals surface area (Å²) in [5, 5.41) is 2.56. The topological polar surface area (TPSA) is 60.0 Å². The Morgan fingerprint density at radius 2 is 1.79 bits per heavy atom. The number of benzene rings is 2. The van der Waals surface area contributed by atoms with Crippen molar-refractivity contribution in [3.63, 3.8) is 0 Å². The number of ether oxygens (including phenoxy) is 3. The second-order valence-corrected chi connectivity index (χ2v) is 6.36. The van der Waals surface area contributed by atoms with E-state index in [1.54, 1.807) is 31.3 Å². The number of rotatable bonds is 5. The van der Waals surface area contributed by atoms with Crippen LogP contribution < -0.4 is 19.5 Å². The monoisotopic (exact) mass is 392 g/mol. The highest BCUT2D eigenvalue weighted by molar-refractivity contribution is 5.90. The maximum Gasteiger partial charge on any atom is 0.322 e. The van der Waals surface area contributed by atoms with Crippen molar-refractivity contribution < 1.29 is 27.8 Å². The van der Waals surface area contributed by atoms with Gasteiger partial charge in [-0.15, -0.1) is 0 Å². The summed E-state index contributed by atoms with van der Waals surface area (Å²) < 4.78 is 43.2. The summed E-state index contributed by atoms with van der Waals surface area (Å²) in [5.41, 5.74) is 0.839. The number of carbonyl (C=O) groups is 1. The molecule has 3 rings (SSSR count). The number of hydrogen-bond donors (Lipinski definition) is 1. The van der Waals surface area contributed by atoms with Crippen molar-refractivity contribution in [1.29, 1.82) is 0 Å². The zero-order valence-corrected chi connectivity index (χ0v) is 15.9. The third kappa shape index (κ3) is 3.81. The van der Waals surface area contributed by atoms with E-state index in [4.69, 9.17) is 9.47 Å². The molecular formula is C20H22F2N2O4. The van der Waals surface area contributed by atoms with Gasteiger partial charge in [-0.3, -0.25) is 0 Å². The van der Waals surface area contributed by atoms with E-state index in [0.29, 0.717) is 18.0 Å². The van der Waals surface area contributed by atoms with Gasteiger partial charge in [0.25, 0.3) is 0 Å². The Morgan fingerprint density at radius 1 is 1.07 bits per heavy atom. The number of hydrogen-bond acceptors (Lipinski definition) is 4. The Kier molecular flexibility index (Phi) is 5.87. The third-order valence-corrected chi connectivity index (χ3v) is 4.76. The molecule has 0 saturated carbocycles. The largest absolute Gasteiger partial charge is 0.497 e. The summed E-state index contributed by atoms with van der Waals surface area (Å²) >= 11 is 0. The average Bonchev–Trinajstić information content (AvgIpc) is 3.17. The highest BCUT2D eigenvalue weighted by Crippen LogP contribution is 2.39. The quantitative estimate of drug-likeness (QED) is 0.821. The first-order valence-corrected chi connectivity index (χ1v) is 8.81. The number of methoxy groups -OCH3 is 3. The molecule has 0 aliphatic carbocycles. The van der Waals surface area contributed by atoms with Gasteiger partial charge in [0.15, 0.2) is 17.4 Å². The number of nitrogens with one attached hydrogen (secondary N) is 1. The van der Waals surface area contributed by atoms with Gasteiger partial charge < -0.3 is 24.4 Å². The number of carbonyl (C=O) groups excluding carboxylic acids is 1. The van der Waals surface area contributed by atoms with Crippen LogP contribution in [-0.4, -0.2) is 38.8 Å². The van der Waals surface area contributed by atoms with Crippen LogP contribution in [-0.2, 0) is 0 Å². The zero-order chi connectivity index (χ0) is 20.3. The molecule has 1 aliphatic rings. The fourth-order valence-corrected chi connectivity index (χ4v) is 3.46. The molecule has 1 saturated heterocycles. The summed E-state index contributed by atoms with van der Waals surface area (Å²) in [6.07, 6.45) is 1.53. The summed E-state index contributed by atoms with van der Waals surface area (Å²) in [4.78, 5) is 14.4. The summed E-state index contributed by atoms with van der Waals surface area (Å²) in [7, 11) is 4.31. The third-order valence-electron chi connectivity index (χ3n) is 4.76. The van der Waals surface area contributed by atoms with Crippen molar-refractivity contribution in [3.8, 4) is 17.2 Å². The van der Waals surface area contributed by atoms with Crippen molar-refractivity contribution in [2.75, 3.05) is 33.2 Å². The van der Waals surface area contributed by atoms with E-state index >= 15 is 0 Å². The number of nitrogens with zero attached hydrogens (tertiary/aromatic N) is 1. The fraction of sp³-hybridized carbons (Fsp3) is 0.350. The van der Waals surface area contributed by atoms with Crippen molar-refractivity contribution in [3.05, 3.63) is 47.5 Å². The average molecular weight is 392 g/mol. The van der Waals surface area contributed by atoms with Crippen LogP contribution in [0.2, 0.25) is 0 Å². The van der Waals surface area contributed by atoms with Gasteiger partial charge in [0, 0.05) is 29.9 Å². The number of amides is 2. The molecule has 2 aromatic carbocycles. The second-order valence-electron chi connectivity index (χ2n) is 6.36. The molecule has 0 aromatic heterocycles. The molecule has 0 radical (unpaired) electrons. The standard InChI is InChI=1S/C20H22F2N2O4/c1-26-13-6-7-18(27-2)14(11-13)17-5-4-8-24(17)20(25)23-12-9-15(21)19(28-3)16(22)10-12/h6-7,9-11,17H,4-5,8H2,1-3H3,(H,23,25). The molecule has 2 aromatic rings. The Bertz CT molecular complexity index is 852. The lowest BCUT2D eigenvalue weighted by Gasteiger charge is -2.27. The molecule has 0 spiro atoms. The van der Waals surface area contributed by atoms with Crippen LogP contribution >= 0.6 is 0 Å². The summed E-state index contributed by atoms with van der Waals surface area (Å²) in [6, 6.07) is 6.77. The van der Waals surface area contributed by atoms with E-state index in [1.165, 1.54) is 7.11 Å². The van der Waals surface area contributed by atoms with Gasteiger partial charge in [0.1, 0.15) is 11.5 Å². The Hall–Kier alpha value is -3.03. The van der Waals surface area contributed by atoms with Crippen molar-refractivity contribution >= 4 is 11.7 Å². The molecule has 1 atom stereocenters. The first-order chi connectivity index (χ1) is 13.5. The Balaban J connectivity index is 1.84. The number of likely N-dealkylation sites (tertiary alicyclic amines) is 1. The molecule has 1 N–H and O–H groups in total. The Morgan fingerprint density at radius 3 is 2.39 bits per heavy atom. The van der Waals surface area contributed by atoms with E-state index < -0.39 is 23.4 Å². The fourth-order valence-electron chi connectivity index (χ4n) is 3.46. The smallest absolute Gasteiger partial charge is 0.322 e. The Labute approximate surface area is 162 Å². The van der Waals surface area contributed by atoms with Gasteiger partial charge in [0.2, 0.25) is 0 Å². The second kappa shape index (κ2) is 8.33. The van der Waals surface area contributed by atoms with E-state index in [2.05, 4.69) is 10.1 Å². The van der Waals surface area contributed by atoms with Crippen LogP contribution in [0, 0.1) is 11.6 Å². The molecule has 1 heterocycles. The lowest BCUT2D eigenvalue weighted by atomic mass is 10.0. The van der Waals surface area contributed by atoms with Gasteiger partial charge in [-0.1, -0.05) is 0 Å². The van der Waals surface area contributed by atoms with Crippen LogP contribution in [0.4, 0.5) is 19.3 Å². The number of urea groups is 1. The molecule has 0 bridgehead atoms. The SMILES string of the molecule is COc1ccc(OC)c(C2CCCN2C(=O)Nc2cc(F)c(OC)c(F)c2)c1. The van der Waals surface area contributed by atoms with Gasteiger partial charge in [-0.25, -0.2) is 13.6 Å². The van der Waals surface area contributed by atoms with Crippen molar-refractivity contribution in [2.45, 2.75) is 18.9 Å². The van der Waals surface area contributed by atoms with Gasteiger partial charge >= 0.3 is 6.03 Å². The van der Waals surface area contributed by atoms with Crippen LogP contribution in [0.25, 0.3) is 0 Å². The van der Waals surface area contributed by atoms with Gasteiger partial charge in [-0.2, -0.15) is 0 Å². The number of anilines is 1. The molecule has 2 amide bonds. The van der Waals surface area contributed by atoms with E-state index in [9.17, 15) is 13.6 Å². The van der Waals surface area contributed by atoms with E-state index in [-0.39, 0.29) is 11.7 Å². The van der Waals surface area contributed by atoms with Crippen LogP contribution in [0.5, 0.6) is 17.2 Å². The van der Waals surface area contributed by atoms with Crippen LogP contribution in [0.15, 0.2) is 30.3 Å². The molecule has 1 fully saturated rings. The molecule has 1 unspecified atom stereocenters. The lowest BCUT2D eigenvalue weighted by molar-refractivity contribution is 0.206. The lowest BCUT2D eigenvalue weighted by Crippen LogP contribution is -2.34.